The van der Waals surface area contributed by atoms with Crippen molar-refractivity contribution in [1.29, 1.82) is 5.26 Å². The van der Waals surface area contributed by atoms with E-state index in [9.17, 15) is 0 Å². The highest BCUT2D eigenvalue weighted by atomic mass is 16.5. The Kier molecular flexibility index (Phi) is 10.9. The number of hydrogen-bond acceptors (Lipinski definition) is 11. The molecule has 1 aromatic heterocycles. The minimum Gasteiger partial charge on any atom is -0.396 e. The molecule has 3 rings (SSSR count). The van der Waals surface area contributed by atoms with Crippen LogP contribution in [0.2, 0.25) is 0 Å². The zero-order valence-corrected chi connectivity index (χ0v) is 20.7. The van der Waals surface area contributed by atoms with E-state index >= 15 is 0 Å². The Bertz CT molecular complexity index is 860. The molecule has 2 aliphatic heterocycles. The van der Waals surface area contributed by atoms with E-state index in [2.05, 4.69) is 43.4 Å². The van der Waals surface area contributed by atoms with Crippen LogP contribution in [0.4, 0.5) is 17.6 Å². The fourth-order valence-corrected chi connectivity index (χ4v) is 3.96. The van der Waals surface area contributed by atoms with Crippen molar-refractivity contribution in [2.24, 2.45) is 10.3 Å². The molecule has 0 atom stereocenters. The molecule has 1 aromatic rings. The van der Waals surface area contributed by atoms with Gasteiger partial charge in [0.1, 0.15) is 11.6 Å². The second-order valence-electron chi connectivity index (χ2n) is 8.77. The standard InChI is InChI=1S/C23H38N10O2/c1-19(29-30-31(2)8-4-14-34)18-25-23-27-21(17-22(28-23)33-12-15-35-16-13-33)26-20-5-10-32(11-6-20)9-3-7-24/h17,20,34H,1,3-6,8-16,18H2,2H3,(H2,25,26,27,28). The summed E-state index contributed by atoms with van der Waals surface area (Å²) in [6.07, 6.45) is 3.22. The molecule has 35 heavy (non-hydrogen) atoms. The second kappa shape index (κ2) is 14.4. The minimum atomic E-state index is 0.121. The average molecular weight is 487 g/mol. The molecule has 0 unspecified atom stereocenters. The minimum absolute atomic E-state index is 0.121. The topological polar surface area (TPSA) is 138 Å². The van der Waals surface area contributed by atoms with Gasteiger partial charge in [0.2, 0.25) is 5.95 Å². The number of hydrogen-bond donors (Lipinski definition) is 3. The van der Waals surface area contributed by atoms with Gasteiger partial charge < -0.3 is 30.3 Å². The molecule has 0 aromatic carbocycles. The van der Waals surface area contributed by atoms with Crippen LogP contribution < -0.4 is 15.5 Å². The number of aromatic nitrogens is 2. The van der Waals surface area contributed by atoms with Gasteiger partial charge in [0.15, 0.2) is 0 Å². The SMILES string of the molecule is C=C(CNc1nc(NC2CCN(CCC#N)CC2)cc(N2CCOCC2)n1)N=NN(C)CCCO. The molecule has 3 heterocycles. The third-order valence-corrected chi connectivity index (χ3v) is 5.96. The van der Waals surface area contributed by atoms with Crippen LogP contribution in [0.25, 0.3) is 0 Å². The fraction of sp³-hybridized carbons (Fsp3) is 0.696. The summed E-state index contributed by atoms with van der Waals surface area (Å²) < 4.78 is 5.50. The summed E-state index contributed by atoms with van der Waals surface area (Å²) in [7, 11) is 1.81. The molecule has 0 spiro atoms. The Morgan fingerprint density at radius 1 is 1.31 bits per heavy atom. The number of aliphatic hydroxyl groups excluding tert-OH is 1. The number of likely N-dealkylation sites (tertiary alicyclic amines) is 1. The van der Waals surface area contributed by atoms with Crippen LogP contribution in [0, 0.1) is 11.3 Å². The van der Waals surface area contributed by atoms with E-state index in [0.29, 0.717) is 56.8 Å². The normalized spacial score (nSPS) is 17.3. The van der Waals surface area contributed by atoms with E-state index in [4.69, 9.17) is 25.1 Å². The number of piperidine rings is 1. The third kappa shape index (κ3) is 9.28. The summed E-state index contributed by atoms with van der Waals surface area (Å²) in [6.45, 7) is 10.8. The summed E-state index contributed by atoms with van der Waals surface area (Å²) in [5.41, 5.74) is 0.556. The molecule has 12 heteroatoms. The lowest BCUT2D eigenvalue weighted by molar-refractivity contribution is 0.122. The first-order chi connectivity index (χ1) is 17.1. The van der Waals surface area contributed by atoms with Gasteiger partial charge in [-0.1, -0.05) is 11.8 Å². The maximum Gasteiger partial charge on any atom is 0.226 e. The first-order valence-electron chi connectivity index (χ1n) is 12.3. The van der Waals surface area contributed by atoms with Crippen LogP contribution in [0.5, 0.6) is 0 Å². The van der Waals surface area contributed by atoms with Crippen LogP contribution in [-0.4, -0.2) is 104 Å². The molecule has 0 bridgehead atoms. The zero-order valence-electron chi connectivity index (χ0n) is 20.7. The predicted octanol–water partition coefficient (Wildman–Crippen LogP) is 1.71. The van der Waals surface area contributed by atoms with Gasteiger partial charge in [-0.2, -0.15) is 15.2 Å². The highest BCUT2D eigenvalue weighted by molar-refractivity contribution is 5.54. The molecule has 0 amide bonds. The van der Waals surface area contributed by atoms with Crippen molar-refractivity contribution in [2.45, 2.75) is 31.7 Å². The predicted molar refractivity (Wildman–Crippen MR) is 135 cm³/mol. The van der Waals surface area contributed by atoms with Crippen molar-refractivity contribution in [2.75, 3.05) is 88.2 Å². The Morgan fingerprint density at radius 2 is 2.09 bits per heavy atom. The number of morpholine rings is 1. The van der Waals surface area contributed by atoms with Gasteiger partial charge in [0.25, 0.3) is 0 Å². The third-order valence-electron chi connectivity index (χ3n) is 5.96. The van der Waals surface area contributed by atoms with Gasteiger partial charge in [0, 0.05) is 71.5 Å². The van der Waals surface area contributed by atoms with Crippen LogP contribution >= 0.6 is 0 Å². The van der Waals surface area contributed by atoms with Gasteiger partial charge in [0.05, 0.1) is 31.5 Å². The van der Waals surface area contributed by atoms with Gasteiger partial charge in [-0.05, 0) is 19.3 Å². The molecule has 0 saturated carbocycles. The molecule has 0 radical (unpaired) electrons. The summed E-state index contributed by atoms with van der Waals surface area (Å²) >= 11 is 0. The Morgan fingerprint density at radius 3 is 2.80 bits per heavy atom. The van der Waals surface area contributed by atoms with Crippen LogP contribution in [0.1, 0.15) is 25.7 Å². The number of anilines is 3. The van der Waals surface area contributed by atoms with Crippen LogP contribution in [0.3, 0.4) is 0 Å². The number of aliphatic hydroxyl groups is 1. The van der Waals surface area contributed by atoms with E-state index in [1.54, 1.807) is 12.1 Å². The lowest BCUT2D eigenvalue weighted by atomic mass is 10.0. The number of nitrogens with one attached hydrogen (secondary N) is 2. The van der Waals surface area contributed by atoms with Crippen molar-refractivity contribution in [3.63, 3.8) is 0 Å². The highest BCUT2D eigenvalue weighted by Crippen LogP contribution is 2.22. The first kappa shape index (κ1) is 26.6. The van der Waals surface area contributed by atoms with Gasteiger partial charge in [-0.3, -0.25) is 5.01 Å². The Balaban J connectivity index is 1.61. The monoisotopic (exact) mass is 486 g/mol. The zero-order chi connectivity index (χ0) is 24.9. The van der Waals surface area contributed by atoms with Gasteiger partial charge in [-0.15, -0.1) is 5.11 Å². The van der Waals surface area contributed by atoms with E-state index in [-0.39, 0.29) is 6.61 Å². The lowest BCUT2D eigenvalue weighted by Crippen LogP contribution is -2.40. The number of nitrogens with zero attached hydrogens (tertiary/aromatic N) is 8. The maximum absolute atomic E-state index is 8.92. The van der Waals surface area contributed by atoms with E-state index < -0.39 is 0 Å². The van der Waals surface area contributed by atoms with Crippen LogP contribution in [-0.2, 0) is 4.74 Å². The van der Waals surface area contributed by atoms with Crippen molar-refractivity contribution in [1.82, 2.24) is 19.9 Å². The quantitative estimate of drug-likeness (QED) is 0.279. The number of rotatable bonds is 13. The maximum atomic E-state index is 8.92. The molecular formula is C23H38N10O2. The lowest BCUT2D eigenvalue weighted by Gasteiger charge is -2.32. The summed E-state index contributed by atoms with van der Waals surface area (Å²) in [6, 6.07) is 4.55. The Labute approximate surface area is 207 Å². The summed E-state index contributed by atoms with van der Waals surface area (Å²) in [5, 5.41) is 34.5. The van der Waals surface area contributed by atoms with Crippen molar-refractivity contribution in [3.8, 4) is 6.07 Å². The first-order valence-corrected chi connectivity index (χ1v) is 12.3. The largest absolute Gasteiger partial charge is 0.396 e. The molecule has 0 aliphatic carbocycles. The highest BCUT2D eigenvalue weighted by Gasteiger charge is 2.21. The van der Waals surface area contributed by atoms with Crippen molar-refractivity contribution in [3.05, 3.63) is 18.3 Å². The van der Waals surface area contributed by atoms with E-state index in [1.165, 1.54) is 0 Å². The van der Waals surface area contributed by atoms with Gasteiger partial charge >= 0.3 is 0 Å². The molecule has 192 valence electrons. The molecule has 12 nitrogen and oxygen atoms in total. The van der Waals surface area contributed by atoms with Gasteiger partial charge in [-0.25, -0.2) is 0 Å². The number of nitriles is 1. The van der Waals surface area contributed by atoms with E-state index in [0.717, 1.165) is 57.2 Å². The van der Waals surface area contributed by atoms with Crippen LogP contribution in [0.15, 0.2) is 28.7 Å². The summed E-state index contributed by atoms with van der Waals surface area (Å²) in [4.78, 5) is 14.0. The Hall–Kier alpha value is -3.01. The molecule has 3 N–H and O–H groups in total. The van der Waals surface area contributed by atoms with E-state index in [1.807, 2.05) is 6.07 Å². The van der Waals surface area contributed by atoms with Crippen molar-refractivity contribution >= 4 is 17.6 Å². The molecule has 2 aliphatic rings. The van der Waals surface area contributed by atoms with Crippen molar-refractivity contribution < 1.29 is 9.84 Å². The molecule has 2 saturated heterocycles. The number of ether oxygens (including phenoxy) is 1. The smallest absolute Gasteiger partial charge is 0.226 e. The molecular weight excluding hydrogens is 448 g/mol. The molecule has 2 fully saturated rings. The second-order valence-corrected chi connectivity index (χ2v) is 8.77. The summed E-state index contributed by atoms with van der Waals surface area (Å²) in [5.74, 6) is 2.15. The average Bonchev–Trinajstić information content (AvgIpc) is 2.89. The fourth-order valence-electron chi connectivity index (χ4n) is 3.96.